The molecule has 0 radical (unpaired) electrons. The highest BCUT2D eigenvalue weighted by molar-refractivity contribution is 5.93. The predicted octanol–water partition coefficient (Wildman–Crippen LogP) is 6.11. The molecule has 0 unspecified atom stereocenters. The van der Waals surface area contributed by atoms with E-state index in [-0.39, 0.29) is 12.5 Å². The quantitative estimate of drug-likeness (QED) is 0.289. The van der Waals surface area contributed by atoms with Crippen molar-refractivity contribution in [2.45, 2.75) is 39.2 Å². The van der Waals surface area contributed by atoms with Gasteiger partial charge in [-0.25, -0.2) is 4.39 Å². The van der Waals surface area contributed by atoms with E-state index in [0.717, 1.165) is 43.5 Å². The van der Waals surface area contributed by atoms with Crippen LogP contribution in [0.25, 0.3) is 0 Å². The second-order valence-corrected chi connectivity index (χ2v) is 8.29. The molecule has 0 aromatic heterocycles. The van der Waals surface area contributed by atoms with Crippen molar-refractivity contribution in [3.8, 4) is 17.2 Å². The molecule has 0 saturated heterocycles. The summed E-state index contributed by atoms with van der Waals surface area (Å²) in [5.41, 5.74) is 7.69. The van der Waals surface area contributed by atoms with E-state index in [4.69, 9.17) is 15.2 Å². The number of nitrogens with zero attached hydrogens (tertiary/aromatic N) is 1. The fourth-order valence-electron chi connectivity index (χ4n) is 3.79. The van der Waals surface area contributed by atoms with Gasteiger partial charge in [0, 0.05) is 25.2 Å². The largest absolute Gasteiger partial charge is 0.497 e. The van der Waals surface area contributed by atoms with Gasteiger partial charge < -0.3 is 25.4 Å². The second-order valence-electron chi connectivity index (χ2n) is 8.29. The highest BCUT2D eigenvalue weighted by Crippen LogP contribution is 2.35. The van der Waals surface area contributed by atoms with Crippen LogP contribution in [0, 0.1) is 5.82 Å². The highest BCUT2D eigenvalue weighted by Gasteiger charge is 2.20. The third kappa shape index (κ3) is 7.72. The van der Waals surface area contributed by atoms with Crippen LogP contribution in [0.5, 0.6) is 17.2 Å². The van der Waals surface area contributed by atoms with Gasteiger partial charge in [0.05, 0.1) is 19.3 Å². The monoisotopic (exact) mass is 479 g/mol. The Balaban J connectivity index is 1.86. The number of anilines is 2. The van der Waals surface area contributed by atoms with Crippen LogP contribution in [0.3, 0.4) is 0 Å². The van der Waals surface area contributed by atoms with Crippen molar-refractivity contribution in [3.63, 3.8) is 0 Å². The summed E-state index contributed by atoms with van der Waals surface area (Å²) >= 11 is 0. The SMILES string of the molecule is COc1ccc(NCCCCCCN)c(CN(C(C)=O)c2cc(F)ccc2Oc2ccccc2)c1. The minimum atomic E-state index is -0.451. The number of amides is 1. The molecule has 6 nitrogen and oxygen atoms in total. The van der Waals surface area contributed by atoms with E-state index in [1.54, 1.807) is 13.2 Å². The zero-order valence-corrected chi connectivity index (χ0v) is 20.4. The zero-order chi connectivity index (χ0) is 25.0. The first-order valence-corrected chi connectivity index (χ1v) is 11.9. The molecule has 0 spiro atoms. The van der Waals surface area contributed by atoms with E-state index in [1.807, 2.05) is 48.5 Å². The Morgan fingerprint density at radius 2 is 1.74 bits per heavy atom. The number of benzene rings is 3. The van der Waals surface area contributed by atoms with Crippen LogP contribution in [0.2, 0.25) is 0 Å². The summed E-state index contributed by atoms with van der Waals surface area (Å²) in [6, 6.07) is 19.1. The average Bonchev–Trinajstić information content (AvgIpc) is 2.86. The molecule has 186 valence electrons. The fraction of sp³-hybridized carbons (Fsp3) is 0.321. The lowest BCUT2D eigenvalue weighted by atomic mass is 10.1. The lowest BCUT2D eigenvalue weighted by molar-refractivity contribution is -0.116. The highest BCUT2D eigenvalue weighted by atomic mass is 19.1. The van der Waals surface area contributed by atoms with E-state index in [2.05, 4.69) is 5.32 Å². The van der Waals surface area contributed by atoms with Crippen LogP contribution < -0.4 is 25.4 Å². The van der Waals surface area contributed by atoms with Crippen molar-refractivity contribution >= 4 is 17.3 Å². The number of hydrogen-bond donors (Lipinski definition) is 2. The van der Waals surface area contributed by atoms with Crippen LogP contribution in [0.1, 0.15) is 38.2 Å². The first-order chi connectivity index (χ1) is 17.0. The number of methoxy groups -OCH3 is 1. The molecular weight excluding hydrogens is 445 g/mol. The van der Waals surface area contributed by atoms with Gasteiger partial charge in [-0.1, -0.05) is 31.0 Å². The van der Waals surface area contributed by atoms with Crippen LogP contribution in [-0.2, 0) is 11.3 Å². The maximum Gasteiger partial charge on any atom is 0.224 e. The Morgan fingerprint density at radius 1 is 0.971 bits per heavy atom. The topological polar surface area (TPSA) is 76.8 Å². The van der Waals surface area contributed by atoms with Crippen molar-refractivity contribution in [1.82, 2.24) is 0 Å². The van der Waals surface area contributed by atoms with E-state index >= 15 is 0 Å². The van der Waals surface area contributed by atoms with E-state index < -0.39 is 5.82 Å². The first-order valence-electron chi connectivity index (χ1n) is 11.9. The minimum absolute atomic E-state index is 0.219. The fourth-order valence-corrected chi connectivity index (χ4v) is 3.79. The third-order valence-corrected chi connectivity index (χ3v) is 5.65. The molecule has 7 heteroatoms. The van der Waals surface area contributed by atoms with Gasteiger partial charge in [0.15, 0.2) is 5.75 Å². The maximum absolute atomic E-state index is 14.3. The Kier molecular flexibility index (Phi) is 9.93. The summed E-state index contributed by atoms with van der Waals surface area (Å²) in [7, 11) is 1.60. The van der Waals surface area contributed by atoms with E-state index in [1.165, 1.54) is 24.0 Å². The summed E-state index contributed by atoms with van der Waals surface area (Å²) < 4.78 is 25.7. The number of rotatable bonds is 13. The van der Waals surface area contributed by atoms with E-state index in [0.29, 0.717) is 29.5 Å². The van der Waals surface area contributed by atoms with Crippen molar-refractivity contribution in [3.05, 3.63) is 78.1 Å². The van der Waals surface area contributed by atoms with Gasteiger partial charge in [0.25, 0.3) is 0 Å². The molecule has 0 aliphatic rings. The molecule has 3 N–H and O–H groups in total. The van der Waals surface area contributed by atoms with Crippen molar-refractivity contribution in [2.24, 2.45) is 5.73 Å². The number of nitrogens with two attached hydrogens (primary N) is 1. The lowest BCUT2D eigenvalue weighted by Gasteiger charge is -2.25. The Bertz CT molecular complexity index is 1090. The second kappa shape index (κ2) is 13.3. The van der Waals surface area contributed by atoms with Crippen LogP contribution in [0.4, 0.5) is 15.8 Å². The molecule has 35 heavy (non-hydrogen) atoms. The molecule has 0 bridgehead atoms. The number of carbonyl (C=O) groups is 1. The van der Waals surface area contributed by atoms with Crippen LogP contribution in [0.15, 0.2) is 66.7 Å². The molecule has 3 aromatic carbocycles. The summed E-state index contributed by atoms with van der Waals surface area (Å²) in [6.07, 6.45) is 4.25. The number of halogens is 1. The number of carbonyl (C=O) groups excluding carboxylic acids is 1. The average molecular weight is 480 g/mol. The zero-order valence-electron chi connectivity index (χ0n) is 20.4. The van der Waals surface area contributed by atoms with Crippen molar-refractivity contribution in [1.29, 1.82) is 0 Å². The molecule has 0 atom stereocenters. The first kappa shape index (κ1) is 26.0. The number of unbranched alkanes of at least 4 members (excludes halogenated alkanes) is 3. The smallest absolute Gasteiger partial charge is 0.224 e. The molecule has 0 heterocycles. The minimum Gasteiger partial charge on any atom is -0.497 e. The summed E-state index contributed by atoms with van der Waals surface area (Å²) in [6.45, 7) is 3.19. The van der Waals surface area contributed by atoms with Crippen LogP contribution in [-0.4, -0.2) is 26.1 Å². The van der Waals surface area contributed by atoms with Gasteiger partial charge in [-0.15, -0.1) is 0 Å². The van der Waals surface area contributed by atoms with Crippen molar-refractivity contribution in [2.75, 3.05) is 30.4 Å². The molecule has 3 rings (SSSR count). The third-order valence-electron chi connectivity index (χ3n) is 5.65. The van der Waals surface area contributed by atoms with Gasteiger partial charge in [-0.05, 0) is 67.4 Å². The molecule has 0 aliphatic heterocycles. The number of hydrogen-bond acceptors (Lipinski definition) is 5. The Hall–Kier alpha value is -3.58. The van der Waals surface area contributed by atoms with Gasteiger partial charge in [-0.2, -0.15) is 0 Å². The number of ether oxygens (including phenoxy) is 2. The number of para-hydroxylation sites is 1. The van der Waals surface area contributed by atoms with Gasteiger partial charge >= 0.3 is 0 Å². The van der Waals surface area contributed by atoms with Gasteiger partial charge in [-0.3, -0.25) is 4.79 Å². The standard InChI is InChI=1S/C28H34FN3O3/c1-21(33)32(27-19-23(29)12-15-28(27)35-24-10-6-5-7-11-24)20-22-18-25(34-2)13-14-26(22)31-17-9-4-3-8-16-30/h5-7,10-15,18-19,31H,3-4,8-9,16-17,20,30H2,1-2H3. The summed E-state index contributed by atoms with van der Waals surface area (Å²) in [5.74, 6) is 0.988. The molecule has 0 saturated carbocycles. The van der Waals surface area contributed by atoms with E-state index in [9.17, 15) is 9.18 Å². The van der Waals surface area contributed by atoms with Crippen LogP contribution >= 0.6 is 0 Å². The lowest BCUT2D eigenvalue weighted by Crippen LogP contribution is -2.29. The summed E-state index contributed by atoms with van der Waals surface area (Å²) in [4.78, 5) is 14.3. The Morgan fingerprint density at radius 3 is 2.46 bits per heavy atom. The normalized spacial score (nSPS) is 10.6. The molecule has 0 fully saturated rings. The molecule has 1 amide bonds. The molecular formula is C28H34FN3O3. The molecule has 3 aromatic rings. The molecule has 0 aliphatic carbocycles. The predicted molar refractivity (Wildman–Crippen MR) is 139 cm³/mol. The van der Waals surface area contributed by atoms with Crippen molar-refractivity contribution < 1.29 is 18.7 Å². The Labute approximate surface area is 206 Å². The summed E-state index contributed by atoms with van der Waals surface area (Å²) in [5, 5.41) is 3.47. The van der Waals surface area contributed by atoms with Gasteiger partial charge in [0.1, 0.15) is 17.3 Å². The van der Waals surface area contributed by atoms with Gasteiger partial charge in [0.2, 0.25) is 5.91 Å². The number of nitrogens with one attached hydrogen (secondary N) is 1. The maximum atomic E-state index is 14.3.